The van der Waals surface area contributed by atoms with Gasteiger partial charge in [-0.2, -0.15) is 4.98 Å². The summed E-state index contributed by atoms with van der Waals surface area (Å²) < 4.78 is 10.2. The van der Waals surface area contributed by atoms with Crippen LogP contribution in [0.1, 0.15) is 20.8 Å². The molecule has 0 radical (unpaired) electrons. The van der Waals surface area contributed by atoms with Gasteiger partial charge in [-0.05, 0) is 26.8 Å². The second-order valence-electron chi connectivity index (χ2n) is 3.41. The summed E-state index contributed by atoms with van der Waals surface area (Å²) in [5, 5.41) is 2.96. The summed E-state index contributed by atoms with van der Waals surface area (Å²) in [6.07, 6.45) is 0. The highest BCUT2D eigenvalue weighted by Gasteiger charge is 2.13. The molecule has 1 N–H and O–H groups in total. The van der Waals surface area contributed by atoms with Crippen molar-refractivity contribution in [3.8, 4) is 5.88 Å². The first-order valence-corrected chi connectivity index (χ1v) is 5.70. The molecule has 1 heterocycles. The molecule has 17 heavy (non-hydrogen) atoms. The number of esters is 1. The summed E-state index contributed by atoms with van der Waals surface area (Å²) in [6, 6.07) is 4.93. The van der Waals surface area contributed by atoms with Crippen LogP contribution in [0.15, 0.2) is 18.2 Å². The first-order valence-electron chi connectivity index (χ1n) is 5.70. The molecular weight excluding hydrogens is 220 g/mol. The van der Waals surface area contributed by atoms with E-state index in [9.17, 15) is 4.79 Å². The second-order valence-corrected chi connectivity index (χ2v) is 3.41. The van der Waals surface area contributed by atoms with Crippen molar-refractivity contribution in [2.45, 2.75) is 26.8 Å². The Morgan fingerprint density at radius 3 is 2.82 bits per heavy atom. The summed E-state index contributed by atoms with van der Waals surface area (Å²) in [6.45, 7) is 6.33. The van der Waals surface area contributed by atoms with Crippen molar-refractivity contribution >= 4 is 11.8 Å². The number of aromatic nitrogens is 1. The highest BCUT2D eigenvalue weighted by molar-refractivity contribution is 5.78. The minimum Gasteiger partial charge on any atom is -0.478 e. The van der Waals surface area contributed by atoms with Crippen LogP contribution in [0.4, 0.5) is 5.82 Å². The summed E-state index contributed by atoms with van der Waals surface area (Å²) in [4.78, 5) is 15.6. The van der Waals surface area contributed by atoms with E-state index in [1.165, 1.54) is 0 Å². The summed E-state index contributed by atoms with van der Waals surface area (Å²) >= 11 is 0. The molecule has 1 aromatic heterocycles. The van der Waals surface area contributed by atoms with E-state index in [0.717, 1.165) is 0 Å². The molecule has 0 bridgehead atoms. The lowest BCUT2D eigenvalue weighted by molar-refractivity contribution is -0.143. The van der Waals surface area contributed by atoms with Crippen molar-refractivity contribution in [1.29, 1.82) is 0 Å². The Labute approximate surface area is 101 Å². The molecular formula is C12H18N2O3. The molecule has 0 aliphatic heterocycles. The van der Waals surface area contributed by atoms with Gasteiger partial charge in [-0.3, -0.25) is 0 Å². The summed E-state index contributed by atoms with van der Waals surface area (Å²) in [5.41, 5.74) is 0. The monoisotopic (exact) mass is 238 g/mol. The third-order valence-corrected chi connectivity index (χ3v) is 2.02. The molecule has 0 aromatic carbocycles. The van der Waals surface area contributed by atoms with Gasteiger partial charge in [0.05, 0.1) is 13.2 Å². The molecule has 5 heteroatoms. The Bertz CT molecular complexity index is 369. The van der Waals surface area contributed by atoms with Gasteiger partial charge in [0.1, 0.15) is 11.9 Å². The van der Waals surface area contributed by atoms with Crippen LogP contribution in [-0.2, 0) is 9.53 Å². The fraction of sp³-hybridized carbons (Fsp3) is 0.500. The number of nitrogens with one attached hydrogen (secondary N) is 1. The number of nitrogens with zero attached hydrogens (tertiary/aromatic N) is 1. The van der Waals surface area contributed by atoms with E-state index in [1.54, 1.807) is 26.0 Å². The van der Waals surface area contributed by atoms with Gasteiger partial charge in [-0.15, -0.1) is 0 Å². The first-order chi connectivity index (χ1) is 8.17. The Morgan fingerprint density at radius 2 is 2.18 bits per heavy atom. The van der Waals surface area contributed by atoms with Gasteiger partial charge in [-0.25, -0.2) is 4.79 Å². The Kier molecular flexibility index (Phi) is 5.26. The molecule has 1 unspecified atom stereocenters. The molecule has 1 atom stereocenters. The van der Waals surface area contributed by atoms with Crippen molar-refractivity contribution in [1.82, 2.24) is 4.98 Å². The van der Waals surface area contributed by atoms with E-state index in [-0.39, 0.29) is 5.97 Å². The lowest BCUT2D eigenvalue weighted by Gasteiger charge is -2.13. The zero-order valence-electron chi connectivity index (χ0n) is 10.4. The maximum atomic E-state index is 11.4. The van der Waals surface area contributed by atoms with Crippen LogP contribution < -0.4 is 10.1 Å². The zero-order chi connectivity index (χ0) is 12.7. The molecule has 1 aromatic rings. The van der Waals surface area contributed by atoms with Gasteiger partial charge in [-0.1, -0.05) is 6.07 Å². The second kappa shape index (κ2) is 6.73. The van der Waals surface area contributed by atoms with E-state index < -0.39 is 6.04 Å². The molecule has 5 nitrogen and oxygen atoms in total. The third kappa shape index (κ3) is 4.30. The van der Waals surface area contributed by atoms with Crippen LogP contribution in [0, 0.1) is 0 Å². The van der Waals surface area contributed by atoms with Crippen LogP contribution in [0.3, 0.4) is 0 Å². The van der Waals surface area contributed by atoms with Crippen molar-refractivity contribution < 1.29 is 14.3 Å². The van der Waals surface area contributed by atoms with Crippen LogP contribution in [0.5, 0.6) is 5.88 Å². The van der Waals surface area contributed by atoms with Crippen LogP contribution >= 0.6 is 0 Å². The third-order valence-electron chi connectivity index (χ3n) is 2.02. The molecule has 0 amide bonds. The number of anilines is 1. The Morgan fingerprint density at radius 1 is 1.41 bits per heavy atom. The van der Waals surface area contributed by atoms with E-state index in [0.29, 0.717) is 24.9 Å². The van der Waals surface area contributed by atoms with Gasteiger partial charge in [0.2, 0.25) is 5.88 Å². The molecule has 94 valence electrons. The van der Waals surface area contributed by atoms with Gasteiger partial charge in [0, 0.05) is 6.07 Å². The number of ether oxygens (including phenoxy) is 2. The highest BCUT2D eigenvalue weighted by Crippen LogP contribution is 2.12. The SMILES string of the molecule is CCOC(=O)C(C)Nc1cccc(OCC)n1. The minimum atomic E-state index is -0.431. The molecule has 1 rings (SSSR count). The fourth-order valence-corrected chi connectivity index (χ4v) is 1.27. The molecule has 0 aliphatic rings. The minimum absolute atomic E-state index is 0.295. The lowest BCUT2D eigenvalue weighted by Crippen LogP contribution is -2.28. The normalized spacial score (nSPS) is 11.7. The van der Waals surface area contributed by atoms with Crippen molar-refractivity contribution in [3.05, 3.63) is 18.2 Å². The van der Waals surface area contributed by atoms with E-state index in [4.69, 9.17) is 9.47 Å². The van der Waals surface area contributed by atoms with E-state index >= 15 is 0 Å². The molecule has 0 saturated heterocycles. The molecule has 0 aliphatic carbocycles. The summed E-state index contributed by atoms with van der Waals surface area (Å²) in [7, 11) is 0. The smallest absolute Gasteiger partial charge is 0.328 e. The Hall–Kier alpha value is -1.78. The molecule has 0 saturated carbocycles. The number of carbonyl (C=O) groups excluding carboxylic acids is 1. The topological polar surface area (TPSA) is 60.5 Å². The van der Waals surface area contributed by atoms with Crippen LogP contribution in [-0.4, -0.2) is 30.2 Å². The first kappa shape index (κ1) is 13.3. The van der Waals surface area contributed by atoms with Crippen LogP contribution in [0.2, 0.25) is 0 Å². The molecule has 0 fully saturated rings. The van der Waals surface area contributed by atoms with E-state index in [1.807, 2.05) is 13.0 Å². The molecule has 0 spiro atoms. The fourth-order valence-electron chi connectivity index (χ4n) is 1.27. The average molecular weight is 238 g/mol. The maximum Gasteiger partial charge on any atom is 0.328 e. The van der Waals surface area contributed by atoms with Gasteiger partial charge in [0.15, 0.2) is 0 Å². The number of rotatable bonds is 6. The van der Waals surface area contributed by atoms with Gasteiger partial charge < -0.3 is 14.8 Å². The quantitative estimate of drug-likeness (QED) is 0.766. The largest absolute Gasteiger partial charge is 0.478 e. The lowest BCUT2D eigenvalue weighted by atomic mass is 10.3. The highest BCUT2D eigenvalue weighted by atomic mass is 16.5. The maximum absolute atomic E-state index is 11.4. The average Bonchev–Trinajstić information content (AvgIpc) is 2.30. The number of hydrogen-bond donors (Lipinski definition) is 1. The predicted molar refractivity (Wildman–Crippen MR) is 65.1 cm³/mol. The number of hydrogen-bond acceptors (Lipinski definition) is 5. The standard InChI is InChI=1S/C12H18N2O3/c1-4-16-11-8-6-7-10(14-11)13-9(3)12(15)17-5-2/h6-9H,4-5H2,1-3H3,(H,13,14). The van der Waals surface area contributed by atoms with E-state index in [2.05, 4.69) is 10.3 Å². The van der Waals surface area contributed by atoms with Gasteiger partial charge in [0.25, 0.3) is 0 Å². The number of pyridine rings is 1. The van der Waals surface area contributed by atoms with Crippen molar-refractivity contribution in [2.75, 3.05) is 18.5 Å². The predicted octanol–water partition coefficient (Wildman–Crippen LogP) is 1.84. The van der Waals surface area contributed by atoms with Crippen LogP contribution in [0.25, 0.3) is 0 Å². The zero-order valence-corrected chi connectivity index (χ0v) is 10.4. The van der Waals surface area contributed by atoms with Crippen molar-refractivity contribution in [3.63, 3.8) is 0 Å². The van der Waals surface area contributed by atoms with Gasteiger partial charge >= 0.3 is 5.97 Å². The Balaban J connectivity index is 2.61. The number of carbonyl (C=O) groups is 1. The summed E-state index contributed by atoms with van der Waals surface area (Å²) in [5.74, 6) is 0.834. The van der Waals surface area contributed by atoms with Crippen molar-refractivity contribution in [2.24, 2.45) is 0 Å².